The lowest BCUT2D eigenvalue weighted by Crippen LogP contribution is -2.53. The first-order chi connectivity index (χ1) is 30.2. The molecule has 6 bridgehead atoms. The zero-order valence-electron chi connectivity index (χ0n) is 36.6. The van der Waals surface area contributed by atoms with Gasteiger partial charge in [0, 0.05) is 0 Å². The van der Waals surface area contributed by atoms with E-state index in [2.05, 4.69) is 0 Å². The van der Waals surface area contributed by atoms with Crippen molar-refractivity contribution in [2.75, 3.05) is 20.3 Å². The second-order valence-corrected chi connectivity index (χ2v) is 21.3. The number of hydrogen-bond acceptors (Lipinski definition) is 17. The Bertz CT molecular complexity index is 2090. The van der Waals surface area contributed by atoms with Crippen LogP contribution >= 0.6 is 0 Å². The van der Waals surface area contributed by atoms with Crippen LogP contribution in [0.1, 0.15) is 66.7 Å². The second-order valence-electron chi connectivity index (χ2n) is 21.3. The molecule has 2 N–H and O–H groups in total. The molecule has 9 fully saturated rings. The number of cyclic esters (lactones) is 6. The lowest BCUT2D eigenvalue weighted by Gasteiger charge is -2.46. The molecule has 3 aliphatic heterocycles. The SMILES string of the molecule is COC(=O)C1C2CC(C1C(=O)O)C(C1C(=O)OC(=O)C1C)C2C1C(=O)OC(=O)C1C1C2CC(CC2C(=O)OCCO)C1C1C(=O)OC(=O)C1C1C(C)C2CC(C(=O)OC(C)(C)C)C1C2. The Morgan fingerprint density at radius 2 is 1.05 bits per heavy atom. The Morgan fingerprint density at radius 3 is 1.58 bits per heavy atom. The van der Waals surface area contributed by atoms with E-state index in [0.717, 1.165) is 7.11 Å². The highest BCUT2D eigenvalue weighted by Gasteiger charge is 2.75. The average Bonchev–Trinajstić information content (AvgIpc) is 4.10. The number of aliphatic carboxylic acids is 1. The van der Waals surface area contributed by atoms with Crippen molar-refractivity contribution in [3.63, 3.8) is 0 Å². The largest absolute Gasteiger partial charge is 0.481 e. The van der Waals surface area contributed by atoms with Gasteiger partial charge in [-0.2, -0.15) is 0 Å². The van der Waals surface area contributed by atoms with Gasteiger partial charge in [0.2, 0.25) is 0 Å². The van der Waals surface area contributed by atoms with Gasteiger partial charge in [-0.25, -0.2) is 0 Å². The number of hydrogen-bond donors (Lipinski definition) is 2. The van der Waals surface area contributed by atoms with E-state index in [9.17, 15) is 58.2 Å². The number of aliphatic hydroxyl groups excluding tert-OH is 1. The van der Waals surface area contributed by atoms with Crippen molar-refractivity contribution in [2.45, 2.75) is 72.3 Å². The summed E-state index contributed by atoms with van der Waals surface area (Å²) < 4.78 is 32.5. The van der Waals surface area contributed by atoms with Crippen LogP contribution in [-0.4, -0.2) is 95.8 Å². The number of esters is 9. The molecule has 0 aromatic rings. The van der Waals surface area contributed by atoms with Gasteiger partial charge in [-0.1, -0.05) is 13.8 Å². The topological polar surface area (TPSA) is 267 Å². The second kappa shape index (κ2) is 15.7. The number of carboxylic acid groups (broad SMARTS) is 1. The Labute approximate surface area is 368 Å². The van der Waals surface area contributed by atoms with Crippen LogP contribution in [0, 0.1) is 130 Å². The zero-order valence-corrected chi connectivity index (χ0v) is 36.6. The van der Waals surface area contributed by atoms with Crippen molar-refractivity contribution >= 4 is 59.7 Å². The molecule has 348 valence electrons. The average molecular weight is 897 g/mol. The van der Waals surface area contributed by atoms with Gasteiger partial charge in [0.15, 0.2) is 0 Å². The summed E-state index contributed by atoms with van der Waals surface area (Å²) in [5.74, 6) is -28.0. The van der Waals surface area contributed by atoms with E-state index in [1.807, 2.05) is 6.92 Å². The van der Waals surface area contributed by atoms with Crippen molar-refractivity contribution in [1.82, 2.24) is 0 Å². The van der Waals surface area contributed by atoms with Gasteiger partial charge in [0.1, 0.15) is 12.2 Å². The maximum atomic E-state index is 14.6. The molecule has 64 heavy (non-hydrogen) atoms. The normalized spacial score (nSPS) is 46.4. The highest BCUT2D eigenvalue weighted by molar-refractivity contribution is 6.00. The zero-order chi connectivity index (χ0) is 46.2. The summed E-state index contributed by atoms with van der Waals surface area (Å²) in [6.07, 6.45) is 1.69. The van der Waals surface area contributed by atoms with Crippen molar-refractivity contribution in [2.24, 2.45) is 130 Å². The number of ether oxygens (including phenoxy) is 6. The molecule has 9 aliphatic rings. The van der Waals surface area contributed by atoms with E-state index in [0.29, 0.717) is 12.8 Å². The van der Waals surface area contributed by atoms with E-state index < -0.39 is 178 Å². The van der Waals surface area contributed by atoms with Gasteiger partial charge in [0.05, 0.1) is 72.9 Å². The standard InChI is InChI=1S/C46H56O18/c1-14-16-9-18(21(10-16)39(52)64-46(3,4)5)24(14)32-33(43(56)62-42(32)55)26-17-11-19(20(12-17)38(51)60-8-7-47)27(26)34-35(45(58)63-44(34)57)29-23-13-22(30(36(48)49)31(23)40(53)59-6)28(29)25-15(2)37(50)61-41(25)54/h14-35,47H,7-13H2,1-6H3,(H,48,49). The summed E-state index contributed by atoms with van der Waals surface area (Å²) in [6, 6.07) is 0. The van der Waals surface area contributed by atoms with Crippen LogP contribution in [0.25, 0.3) is 0 Å². The summed E-state index contributed by atoms with van der Waals surface area (Å²) >= 11 is 0. The van der Waals surface area contributed by atoms with E-state index in [1.165, 1.54) is 6.92 Å². The van der Waals surface area contributed by atoms with Crippen LogP contribution in [0.2, 0.25) is 0 Å². The van der Waals surface area contributed by atoms with Crippen molar-refractivity contribution < 1.29 is 86.6 Å². The molecule has 0 amide bonds. The minimum Gasteiger partial charge on any atom is -0.481 e. The number of aliphatic hydroxyl groups is 1. The molecule has 0 aromatic carbocycles. The molecule has 6 aliphatic carbocycles. The first-order valence-electron chi connectivity index (χ1n) is 22.8. The van der Waals surface area contributed by atoms with Crippen molar-refractivity contribution in [3.8, 4) is 0 Å². The summed E-state index contributed by atoms with van der Waals surface area (Å²) in [4.78, 5) is 138. The molecular weight excluding hydrogens is 840 g/mol. The number of rotatable bonds is 11. The molecular formula is C46H56O18. The van der Waals surface area contributed by atoms with Crippen LogP contribution in [0.4, 0.5) is 0 Å². The molecule has 22 atom stereocenters. The Hall–Kier alpha value is -4.74. The first-order valence-corrected chi connectivity index (χ1v) is 22.8. The third-order valence-electron chi connectivity index (χ3n) is 17.7. The maximum absolute atomic E-state index is 14.6. The number of carbonyl (C=O) groups excluding carboxylic acids is 9. The summed E-state index contributed by atoms with van der Waals surface area (Å²) in [5.41, 5.74) is -0.769. The summed E-state index contributed by atoms with van der Waals surface area (Å²) in [6.45, 7) is 8.02. The Kier molecular flexibility index (Phi) is 10.9. The van der Waals surface area contributed by atoms with Crippen LogP contribution in [0.15, 0.2) is 0 Å². The monoisotopic (exact) mass is 896 g/mol. The lowest BCUT2D eigenvalue weighted by atomic mass is 9.53. The van der Waals surface area contributed by atoms with Crippen LogP contribution in [-0.2, 0) is 76.4 Å². The Morgan fingerprint density at radius 1 is 0.578 bits per heavy atom. The molecule has 3 saturated heterocycles. The molecule has 6 saturated carbocycles. The minimum atomic E-state index is -1.45. The van der Waals surface area contributed by atoms with Gasteiger partial charge in [-0.3, -0.25) is 47.9 Å². The lowest BCUT2D eigenvalue weighted by molar-refractivity contribution is -0.167. The first kappa shape index (κ1) is 44.5. The van der Waals surface area contributed by atoms with Gasteiger partial charge in [0.25, 0.3) is 0 Å². The summed E-state index contributed by atoms with van der Waals surface area (Å²) in [5, 5.41) is 20.1. The molecule has 0 radical (unpaired) electrons. The van der Waals surface area contributed by atoms with E-state index in [1.54, 1.807) is 20.8 Å². The highest BCUT2D eigenvalue weighted by Crippen LogP contribution is 2.70. The Balaban J connectivity index is 1.15. The number of methoxy groups -OCH3 is 1. The van der Waals surface area contributed by atoms with Crippen LogP contribution < -0.4 is 0 Å². The van der Waals surface area contributed by atoms with Gasteiger partial charge >= 0.3 is 59.7 Å². The molecule has 3 heterocycles. The third kappa shape index (κ3) is 6.56. The van der Waals surface area contributed by atoms with Crippen LogP contribution in [0.5, 0.6) is 0 Å². The number of carboxylic acids is 1. The smallest absolute Gasteiger partial charge is 0.317 e. The predicted molar refractivity (Wildman–Crippen MR) is 208 cm³/mol. The van der Waals surface area contributed by atoms with E-state index >= 15 is 0 Å². The maximum Gasteiger partial charge on any atom is 0.317 e. The highest BCUT2D eigenvalue weighted by atomic mass is 16.6. The number of fused-ring (bicyclic) bond motifs is 6. The van der Waals surface area contributed by atoms with E-state index in [-0.39, 0.29) is 49.6 Å². The predicted octanol–water partition coefficient (Wildman–Crippen LogP) is 2.00. The van der Waals surface area contributed by atoms with E-state index in [4.69, 9.17) is 28.4 Å². The quantitative estimate of drug-likeness (QED) is 0.171. The molecule has 9 rings (SSSR count). The van der Waals surface area contributed by atoms with Gasteiger partial charge in [-0.05, 0) is 124 Å². The fourth-order valence-corrected chi connectivity index (χ4v) is 16.0. The van der Waals surface area contributed by atoms with Crippen molar-refractivity contribution in [1.29, 1.82) is 0 Å². The third-order valence-corrected chi connectivity index (χ3v) is 17.7. The summed E-state index contributed by atoms with van der Waals surface area (Å²) in [7, 11) is 1.10. The molecule has 22 unspecified atom stereocenters. The number of carbonyl (C=O) groups is 10. The fraction of sp³-hybridized carbons (Fsp3) is 0.783. The molecule has 18 nitrogen and oxygen atoms in total. The van der Waals surface area contributed by atoms with Gasteiger partial charge in [-0.15, -0.1) is 0 Å². The molecule has 0 spiro atoms. The van der Waals surface area contributed by atoms with Crippen LogP contribution in [0.3, 0.4) is 0 Å². The minimum absolute atomic E-state index is 0.0319. The molecule has 0 aromatic heterocycles. The molecule has 18 heteroatoms. The van der Waals surface area contributed by atoms with Gasteiger partial charge < -0.3 is 38.6 Å². The van der Waals surface area contributed by atoms with Crippen molar-refractivity contribution in [3.05, 3.63) is 0 Å². The fourth-order valence-electron chi connectivity index (χ4n) is 16.0.